The van der Waals surface area contributed by atoms with E-state index in [0.717, 1.165) is 17.5 Å². The van der Waals surface area contributed by atoms with E-state index in [2.05, 4.69) is 0 Å². The van der Waals surface area contributed by atoms with Crippen molar-refractivity contribution < 1.29 is 23.1 Å². The number of hydrogen-bond acceptors (Lipinski definition) is 5. The normalized spacial score (nSPS) is 14.3. The smallest absolute Gasteiger partial charge is 0.367 e. The van der Waals surface area contributed by atoms with E-state index in [1.165, 1.54) is 0 Å². The minimum atomic E-state index is -3.27. The maximum atomic E-state index is 12.4. The fourth-order valence-corrected chi connectivity index (χ4v) is 3.80. The molecule has 0 atom stereocenters. The predicted molar refractivity (Wildman–Crippen MR) is 80.2 cm³/mol. The van der Waals surface area contributed by atoms with Crippen molar-refractivity contribution in [3.8, 4) is 5.75 Å². The minimum absolute atomic E-state index is 0.0753. The summed E-state index contributed by atoms with van der Waals surface area (Å²) < 4.78 is 28.4. The number of benzene rings is 1. The molecule has 6 heteroatoms. The van der Waals surface area contributed by atoms with Crippen LogP contribution in [0.25, 0.3) is 0 Å². The zero-order valence-electron chi connectivity index (χ0n) is 12.7. The van der Waals surface area contributed by atoms with Crippen LogP contribution in [0.15, 0.2) is 12.1 Å². The Morgan fingerprint density at radius 1 is 1.14 bits per heavy atom. The van der Waals surface area contributed by atoms with Crippen molar-refractivity contribution in [1.29, 1.82) is 0 Å². The van der Waals surface area contributed by atoms with E-state index in [9.17, 15) is 9.36 Å². The second-order valence-electron chi connectivity index (χ2n) is 4.88. The highest BCUT2D eigenvalue weighted by Gasteiger charge is 2.29. The first-order valence-electron chi connectivity index (χ1n) is 7.17. The maximum Gasteiger partial charge on any atom is 0.367 e. The molecule has 116 valence electrons. The van der Waals surface area contributed by atoms with E-state index >= 15 is 0 Å². The van der Waals surface area contributed by atoms with Gasteiger partial charge in [-0.05, 0) is 44.4 Å². The Balaban J connectivity index is 2.19. The Morgan fingerprint density at radius 3 is 2.43 bits per heavy atom. The minimum Gasteiger partial charge on any atom is -0.480 e. The third kappa shape index (κ3) is 3.54. The van der Waals surface area contributed by atoms with E-state index < -0.39 is 7.60 Å². The summed E-state index contributed by atoms with van der Waals surface area (Å²) in [5.74, 6) is 0.545. The molecule has 0 amide bonds. The first-order valence-corrected chi connectivity index (χ1v) is 8.90. The first-order chi connectivity index (χ1) is 10.0. The van der Waals surface area contributed by atoms with Crippen LogP contribution >= 0.6 is 7.60 Å². The Hall–Kier alpha value is -1.16. The standard InChI is InChI=1S/C15H21O5P/c1-4-19-21(17,20-5-2)10-18-14-9-6-11(3)12-7-8-13(16)15(12)14/h6,9H,4-5,7-8,10H2,1-3H3. The number of fused-ring (bicyclic) bond motifs is 1. The molecule has 0 fully saturated rings. The molecule has 1 aromatic carbocycles. The lowest BCUT2D eigenvalue weighted by Gasteiger charge is -2.18. The molecular formula is C15H21O5P. The van der Waals surface area contributed by atoms with E-state index in [1.807, 2.05) is 13.0 Å². The lowest BCUT2D eigenvalue weighted by atomic mass is 10.0. The van der Waals surface area contributed by atoms with Crippen LogP contribution in [0, 0.1) is 6.92 Å². The molecule has 0 radical (unpaired) electrons. The van der Waals surface area contributed by atoms with E-state index in [4.69, 9.17) is 13.8 Å². The van der Waals surface area contributed by atoms with Gasteiger partial charge in [-0.3, -0.25) is 9.36 Å². The summed E-state index contributed by atoms with van der Waals surface area (Å²) >= 11 is 0. The van der Waals surface area contributed by atoms with Gasteiger partial charge in [0.2, 0.25) is 0 Å². The summed E-state index contributed by atoms with van der Waals surface area (Å²) in [7, 11) is -3.27. The number of carbonyl (C=O) groups excluding carboxylic acids is 1. The molecular weight excluding hydrogens is 291 g/mol. The molecule has 1 aliphatic rings. The molecule has 0 N–H and O–H groups in total. The van der Waals surface area contributed by atoms with Gasteiger partial charge >= 0.3 is 7.60 Å². The van der Waals surface area contributed by atoms with Crippen LogP contribution in [0.4, 0.5) is 0 Å². The van der Waals surface area contributed by atoms with Crippen molar-refractivity contribution in [2.24, 2.45) is 0 Å². The Bertz CT molecular complexity index is 572. The van der Waals surface area contributed by atoms with Gasteiger partial charge in [0.25, 0.3) is 0 Å². The van der Waals surface area contributed by atoms with Crippen LogP contribution in [0.3, 0.4) is 0 Å². The highest BCUT2D eigenvalue weighted by Crippen LogP contribution is 2.48. The average Bonchev–Trinajstić information content (AvgIpc) is 2.82. The van der Waals surface area contributed by atoms with Gasteiger partial charge in [-0.15, -0.1) is 0 Å². The summed E-state index contributed by atoms with van der Waals surface area (Å²) in [5, 5.41) is 0. The average molecular weight is 312 g/mol. The van der Waals surface area contributed by atoms with Crippen LogP contribution in [0.5, 0.6) is 5.75 Å². The molecule has 0 heterocycles. The topological polar surface area (TPSA) is 61.8 Å². The summed E-state index contributed by atoms with van der Waals surface area (Å²) in [5.41, 5.74) is 2.73. The van der Waals surface area contributed by atoms with Gasteiger partial charge in [-0.1, -0.05) is 6.07 Å². The SMILES string of the molecule is CCOP(=O)(COc1ccc(C)c2c1C(=O)CC2)OCC. The maximum absolute atomic E-state index is 12.4. The highest BCUT2D eigenvalue weighted by molar-refractivity contribution is 7.53. The zero-order chi connectivity index (χ0) is 15.5. The quantitative estimate of drug-likeness (QED) is 0.718. The molecule has 0 unspecified atom stereocenters. The van der Waals surface area contributed by atoms with Gasteiger partial charge in [0.1, 0.15) is 5.75 Å². The van der Waals surface area contributed by atoms with Crippen molar-refractivity contribution in [3.63, 3.8) is 0 Å². The Labute approximate surface area is 125 Å². The molecule has 5 nitrogen and oxygen atoms in total. The molecule has 0 saturated heterocycles. The Kier molecular flexibility index (Phi) is 5.20. The van der Waals surface area contributed by atoms with Crippen molar-refractivity contribution >= 4 is 13.4 Å². The summed E-state index contributed by atoms with van der Waals surface area (Å²) in [4.78, 5) is 12.0. The van der Waals surface area contributed by atoms with Gasteiger partial charge in [0.05, 0.1) is 18.8 Å². The molecule has 0 spiro atoms. The lowest BCUT2D eigenvalue weighted by Crippen LogP contribution is -2.08. The number of carbonyl (C=O) groups is 1. The molecule has 2 rings (SSSR count). The van der Waals surface area contributed by atoms with E-state index in [1.54, 1.807) is 19.9 Å². The fourth-order valence-electron chi connectivity index (χ4n) is 2.50. The third-order valence-electron chi connectivity index (χ3n) is 3.42. The van der Waals surface area contributed by atoms with Crippen molar-refractivity contribution in [2.45, 2.75) is 33.6 Å². The number of hydrogen-bond donors (Lipinski definition) is 0. The molecule has 21 heavy (non-hydrogen) atoms. The molecule has 0 aromatic heterocycles. The van der Waals surface area contributed by atoms with E-state index in [0.29, 0.717) is 17.7 Å². The molecule has 0 bridgehead atoms. The monoisotopic (exact) mass is 312 g/mol. The van der Waals surface area contributed by atoms with Gasteiger partial charge in [-0.25, -0.2) is 0 Å². The summed E-state index contributed by atoms with van der Waals surface area (Å²) in [6.07, 6.45) is 1.06. The lowest BCUT2D eigenvalue weighted by molar-refractivity contribution is 0.0990. The van der Waals surface area contributed by atoms with Crippen LogP contribution in [0.1, 0.15) is 41.8 Å². The predicted octanol–water partition coefficient (Wildman–Crippen LogP) is 3.73. The number of aryl methyl sites for hydroxylation is 1. The van der Waals surface area contributed by atoms with Crippen molar-refractivity contribution in [2.75, 3.05) is 19.6 Å². The largest absolute Gasteiger partial charge is 0.480 e. The zero-order valence-corrected chi connectivity index (χ0v) is 13.6. The summed E-state index contributed by atoms with van der Waals surface area (Å²) in [6.45, 7) is 6.04. The van der Waals surface area contributed by atoms with Gasteiger partial charge in [-0.2, -0.15) is 0 Å². The third-order valence-corrected chi connectivity index (χ3v) is 5.17. The first kappa shape index (κ1) is 16.2. The van der Waals surface area contributed by atoms with Gasteiger partial charge in [0.15, 0.2) is 12.1 Å². The number of rotatable bonds is 7. The number of ketones is 1. The van der Waals surface area contributed by atoms with E-state index in [-0.39, 0.29) is 25.3 Å². The highest BCUT2D eigenvalue weighted by atomic mass is 31.2. The van der Waals surface area contributed by atoms with Gasteiger partial charge in [0, 0.05) is 6.42 Å². The van der Waals surface area contributed by atoms with Crippen LogP contribution in [-0.4, -0.2) is 25.3 Å². The molecule has 1 aliphatic carbocycles. The number of ether oxygens (including phenoxy) is 1. The summed E-state index contributed by atoms with van der Waals surface area (Å²) in [6, 6.07) is 3.67. The second-order valence-corrected chi connectivity index (χ2v) is 6.87. The molecule has 1 aromatic rings. The number of Topliss-reactive ketones (excluding diaryl/α,β-unsaturated/α-hetero) is 1. The van der Waals surface area contributed by atoms with Crippen molar-refractivity contribution in [3.05, 3.63) is 28.8 Å². The van der Waals surface area contributed by atoms with Crippen molar-refractivity contribution in [1.82, 2.24) is 0 Å². The van der Waals surface area contributed by atoms with Crippen LogP contribution in [-0.2, 0) is 20.0 Å². The van der Waals surface area contributed by atoms with Crippen LogP contribution < -0.4 is 4.74 Å². The fraction of sp³-hybridized carbons (Fsp3) is 0.533. The van der Waals surface area contributed by atoms with Crippen LogP contribution in [0.2, 0.25) is 0 Å². The molecule has 0 saturated carbocycles. The second kappa shape index (κ2) is 6.73. The Morgan fingerprint density at radius 2 is 1.81 bits per heavy atom. The van der Waals surface area contributed by atoms with Gasteiger partial charge < -0.3 is 13.8 Å². The molecule has 0 aliphatic heterocycles.